The van der Waals surface area contributed by atoms with Crippen LogP contribution in [0.2, 0.25) is 0 Å². The molecule has 1 spiro atoms. The van der Waals surface area contributed by atoms with Crippen molar-refractivity contribution >= 4 is 5.97 Å². The number of epoxide rings is 1. The molecule has 10 nitrogen and oxygen atoms in total. The average Bonchev–Trinajstić information content (AvgIpc) is 3.72. The minimum Gasteiger partial charge on any atom is -0.455 e. The molecule has 0 amide bonds. The maximum Gasteiger partial charge on any atom is 0.315 e. The molecular weight excluding hydrogens is 580 g/mol. The van der Waals surface area contributed by atoms with Crippen molar-refractivity contribution in [1.82, 2.24) is 0 Å². The highest BCUT2D eigenvalue weighted by molar-refractivity contribution is 5.83. The molecule has 3 aliphatic heterocycles. The maximum absolute atomic E-state index is 14.0. The molecule has 8 rings (SSSR count). The Morgan fingerprint density at radius 2 is 1.62 bits per heavy atom. The van der Waals surface area contributed by atoms with E-state index in [1.165, 1.54) is 0 Å². The first-order chi connectivity index (χ1) is 21.0. The lowest BCUT2D eigenvalue weighted by Crippen LogP contribution is -2.76. The van der Waals surface area contributed by atoms with Gasteiger partial charge in [-0.1, -0.05) is 41.5 Å². The number of aliphatic hydroxyl groups is 5. The van der Waals surface area contributed by atoms with Crippen LogP contribution in [-0.2, 0) is 23.7 Å². The highest BCUT2D eigenvalue weighted by Crippen LogP contribution is 2.83. The fourth-order valence-corrected chi connectivity index (χ4v) is 13.5. The van der Waals surface area contributed by atoms with Gasteiger partial charge in [0.05, 0.1) is 31.5 Å². The topological polar surface area (TPSA) is 158 Å². The van der Waals surface area contributed by atoms with E-state index >= 15 is 0 Å². The van der Waals surface area contributed by atoms with Crippen LogP contribution in [0, 0.1) is 50.2 Å². The Morgan fingerprint density at radius 3 is 2.33 bits per heavy atom. The number of fused-ring (bicyclic) bond motifs is 6. The lowest BCUT2D eigenvalue weighted by atomic mass is 9.30. The van der Waals surface area contributed by atoms with Crippen molar-refractivity contribution in [3.63, 3.8) is 0 Å². The van der Waals surface area contributed by atoms with Crippen LogP contribution in [0.4, 0.5) is 0 Å². The van der Waals surface area contributed by atoms with Crippen LogP contribution in [0.15, 0.2) is 0 Å². The van der Waals surface area contributed by atoms with E-state index in [0.717, 1.165) is 32.1 Å². The smallest absolute Gasteiger partial charge is 0.315 e. The van der Waals surface area contributed by atoms with Gasteiger partial charge in [0.25, 0.3) is 0 Å². The summed E-state index contributed by atoms with van der Waals surface area (Å²) in [7, 11) is 0. The molecule has 10 heteroatoms. The number of rotatable bonds is 3. The van der Waals surface area contributed by atoms with Gasteiger partial charge in [-0.05, 0) is 79.4 Å². The van der Waals surface area contributed by atoms with Gasteiger partial charge in [-0.2, -0.15) is 0 Å². The third-order valence-electron chi connectivity index (χ3n) is 16.1. The number of carbonyl (C=O) groups is 1. The Kier molecular flexibility index (Phi) is 6.44. The number of ether oxygens (including phenoxy) is 4. The normalized spacial score (nSPS) is 62.5. The fraction of sp³-hybridized carbons (Fsp3) is 0.971. The van der Waals surface area contributed by atoms with Crippen LogP contribution >= 0.6 is 0 Å². The van der Waals surface area contributed by atoms with Gasteiger partial charge in [-0.25, -0.2) is 0 Å². The van der Waals surface area contributed by atoms with Gasteiger partial charge in [0.2, 0.25) is 0 Å². The van der Waals surface area contributed by atoms with Crippen molar-refractivity contribution < 1.29 is 49.3 Å². The van der Waals surface area contributed by atoms with Crippen LogP contribution in [-0.4, -0.2) is 99.3 Å². The summed E-state index contributed by atoms with van der Waals surface area (Å²) in [6.07, 6.45) is -0.490. The molecule has 3 heterocycles. The highest BCUT2D eigenvalue weighted by atomic mass is 16.7. The number of hydrogen-bond acceptors (Lipinski definition) is 10. The lowest BCUT2D eigenvalue weighted by molar-refractivity contribution is -0.321. The molecule has 17 unspecified atom stereocenters. The zero-order chi connectivity index (χ0) is 32.3. The minimum atomic E-state index is -1.39. The van der Waals surface area contributed by atoms with Crippen LogP contribution in [0.5, 0.6) is 0 Å². The molecule has 45 heavy (non-hydrogen) atoms. The largest absolute Gasteiger partial charge is 0.455 e. The summed E-state index contributed by atoms with van der Waals surface area (Å²) in [6.45, 7) is 13.4. The molecular formula is C35H54O10. The Bertz CT molecular complexity index is 1270. The Morgan fingerprint density at radius 1 is 0.889 bits per heavy atom. The molecule has 0 aromatic heterocycles. The standard InChI is InChI=1S/C35H54O10/c1-29(2)11-12-34-19(13-29)35(45-28(34)41)26-24(44-26)25-30(3)9-8-21(43-27-23(40)22(39)17(37)15-42-27)31(4,16-36)18(30)7-10-32(25,5)33(35,6)14-20(34)38/h17-27,36-40H,7-16H2,1-6H3. The van der Waals surface area contributed by atoms with E-state index in [1.54, 1.807) is 0 Å². The third kappa shape index (κ3) is 3.47. The van der Waals surface area contributed by atoms with E-state index in [9.17, 15) is 30.3 Å². The van der Waals surface area contributed by atoms with Crippen molar-refractivity contribution in [3.8, 4) is 0 Å². The van der Waals surface area contributed by atoms with Crippen molar-refractivity contribution in [1.29, 1.82) is 0 Å². The van der Waals surface area contributed by atoms with Crippen molar-refractivity contribution in [2.45, 2.75) is 148 Å². The third-order valence-corrected chi connectivity index (χ3v) is 16.1. The van der Waals surface area contributed by atoms with Gasteiger partial charge in [0.15, 0.2) is 11.9 Å². The second-order valence-electron chi connectivity index (χ2n) is 18.3. The first-order valence-electron chi connectivity index (χ1n) is 17.5. The van der Waals surface area contributed by atoms with Gasteiger partial charge < -0.3 is 44.5 Å². The molecule has 0 aromatic carbocycles. The zero-order valence-electron chi connectivity index (χ0n) is 27.7. The number of esters is 1. The van der Waals surface area contributed by atoms with Gasteiger partial charge >= 0.3 is 5.97 Å². The molecule has 5 N–H and O–H groups in total. The SMILES string of the molecule is CC1(C)CCC23C(=O)OC4(C5OC5C5C6(C)CCC(OC7OCC(O)C(O)C7O)C(C)(CO)C6CCC5(C)C4(C)CC2O)C3C1. The molecule has 2 bridgehead atoms. The summed E-state index contributed by atoms with van der Waals surface area (Å²) < 4.78 is 25.6. The summed E-state index contributed by atoms with van der Waals surface area (Å²) in [5.41, 5.74) is -3.25. The predicted molar refractivity (Wildman–Crippen MR) is 159 cm³/mol. The summed E-state index contributed by atoms with van der Waals surface area (Å²) in [5.74, 6) is -0.111. The van der Waals surface area contributed by atoms with E-state index in [2.05, 4.69) is 41.5 Å². The summed E-state index contributed by atoms with van der Waals surface area (Å²) in [5, 5.41) is 54.0. The Labute approximate surface area is 266 Å². The summed E-state index contributed by atoms with van der Waals surface area (Å²) >= 11 is 0. The predicted octanol–water partition coefficient (Wildman–Crippen LogP) is 2.30. The van der Waals surface area contributed by atoms with Crippen LogP contribution in [0.1, 0.15) is 92.9 Å². The maximum atomic E-state index is 14.0. The molecule has 254 valence electrons. The molecule has 17 atom stereocenters. The second kappa shape index (κ2) is 9.23. The number of aliphatic hydroxyl groups excluding tert-OH is 5. The molecule has 0 aromatic rings. The quantitative estimate of drug-likeness (QED) is 0.177. The van der Waals surface area contributed by atoms with Crippen LogP contribution < -0.4 is 0 Å². The first-order valence-corrected chi connectivity index (χ1v) is 17.5. The van der Waals surface area contributed by atoms with E-state index in [4.69, 9.17) is 18.9 Å². The second-order valence-corrected chi connectivity index (χ2v) is 18.3. The highest BCUT2D eigenvalue weighted by Gasteiger charge is 2.90. The molecule has 8 aliphatic rings. The fourth-order valence-electron chi connectivity index (χ4n) is 13.5. The number of carbonyl (C=O) groups excluding carboxylic acids is 1. The Hall–Kier alpha value is -0.850. The molecule has 5 saturated carbocycles. The number of hydrogen-bond donors (Lipinski definition) is 5. The first kappa shape index (κ1) is 31.4. The average molecular weight is 635 g/mol. The minimum absolute atomic E-state index is 0.0456. The van der Waals surface area contributed by atoms with Crippen LogP contribution in [0.3, 0.4) is 0 Å². The van der Waals surface area contributed by atoms with Crippen molar-refractivity contribution in [3.05, 3.63) is 0 Å². The van der Waals surface area contributed by atoms with Crippen molar-refractivity contribution in [2.75, 3.05) is 13.2 Å². The zero-order valence-corrected chi connectivity index (χ0v) is 27.7. The van der Waals surface area contributed by atoms with E-state index in [-0.39, 0.29) is 65.4 Å². The monoisotopic (exact) mass is 634 g/mol. The molecule has 3 saturated heterocycles. The van der Waals surface area contributed by atoms with Gasteiger partial charge in [-0.15, -0.1) is 0 Å². The van der Waals surface area contributed by atoms with Crippen LogP contribution in [0.25, 0.3) is 0 Å². The van der Waals surface area contributed by atoms with E-state index in [0.29, 0.717) is 19.3 Å². The van der Waals surface area contributed by atoms with E-state index < -0.39 is 58.7 Å². The van der Waals surface area contributed by atoms with Gasteiger partial charge in [-0.3, -0.25) is 4.79 Å². The summed E-state index contributed by atoms with van der Waals surface area (Å²) in [6, 6.07) is 0. The molecule has 8 fully saturated rings. The lowest BCUT2D eigenvalue weighted by Gasteiger charge is -2.73. The molecule has 0 radical (unpaired) electrons. The van der Waals surface area contributed by atoms with Gasteiger partial charge in [0.1, 0.15) is 29.8 Å². The Balaban J connectivity index is 1.16. The van der Waals surface area contributed by atoms with Gasteiger partial charge in [0, 0.05) is 16.7 Å². The van der Waals surface area contributed by atoms with E-state index in [1.807, 2.05) is 0 Å². The van der Waals surface area contributed by atoms with Crippen molar-refractivity contribution in [2.24, 2.45) is 50.2 Å². The summed E-state index contributed by atoms with van der Waals surface area (Å²) in [4.78, 5) is 14.0. The molecule has 5 aliphatic carbocycles.